The van der Waals surface area contributed by atoms with E-state index in [9.17, 15) is 0 Å². The molecule has 31 heavy (non-hydrogen) atoms. The number of fused-ring (bicyclic) bond motifs is 1. The zero-order chi connectivity index (χ0) is 21.4. The summed E-state index contributed by atoms with van der Waals surface area (Å²) in [5.41, 5.74) is 2.73. The van der Waals surface area contributed by atoms with Crippen LogP contribution in [0.15, 0.2) is 69.3 Å². The average molecular weight is 471 g/mol. The van der Waals surface area contributed by atoms with E-state index in [0.717, 1.165) is 33.6 Å². The molecular weight excluding hydrogens is 455 g/mol. The molecule has 0 fully saturated rings. The first kappa shape index (κ1) is 20.2. The van der Waals surface area contributed by atoms with Crippen molar-refractivity contribution in [3.05, 3.63) is 81.8 Å². The lowest BCUT2D eigenvalue weighted by atomic mass is 10.1. The molecule has 0 saturated carbocycles. The molecule has 5 rings (SSSR count). The quantitative estimate of drug-likeness (QED) is 0.368. The number of aromatic nitrogens is 3. The van der Waals surface area contributed by atoms with Gasteiger partial charge in [0.05, 0.1) is 7.11 Å². The van der Waals surface area contributed by atoms with Gasteiger partial charge in [0.15, 0.2) is 11.6 Å². The smallest absolute Gasteiger partial charge is 0.212 e. The van der Waals surface area contributed by atoms with Gasteiger partial charge in [0.25, 0.3) is 0 Å². The first-order chi connectivity index (χ1) is 15.1. The van der Waals surface area contributed by atoms with Crippen LogP contribution in [0, 0.1) is 0 Å². The third kappa shape index (κ3) is 4.21. The fraction of sp³-hybridized carbons (Fsp3) is 0.136. The lowest BCUT2D eigenvalue weighted by Crippen LogP contribution is -2.14. The summed E-state index contributed by atoms with van der Waals surface area (Å²) in [5, 5.41) is 15.2. The van der Waals surface area contributed by atoms with E-state index in [1.807, 2.05) is 48.5 Å². The number of halogens is 2. The van der Waals surface area contributed by atoms with E-state index < -0.39 is 0 Å². The Morgan fingerprint density at radius 2 is 1.74 bits per heavy atom. The summed E-state index contributed by atoms with van der Waals surface area (Å²) < 4.78 is 13.1. The number of ether oxygens (including phenoxy) is 1. The van der Waals surface area contributed by atoms with Gasteiger partial charge < -0.3 is 9.15 Å². The average Bonchev–Trinajstić information content (AvgIpc) is 3.41. The standard InChI is InChI=1S/C22H16Cl2N4O2S/c1-29-17-4-2-13(3-5-17)8-21-25-26-22-28(21)27-18(12-31-22)20-7-6-19(30-20)14-9-15(23)11-16(24)10-14/h2-7,9-11H,8,12H2,1H3. The molecule has 0 amide bonds. The minimum absolute atomic E-state index is 0.559. The molecule has 1 aliphatic heterocycles. The van der Waals surface area contributed by atoms with Crippen molar-refractivity contribution in [1.82, 2.24) is 14.9 Å². The maximum atomic E-state index is 6.12. The molecule has 0 saturated heterocycles. The van der Waals surface area contributed by atoms with Crippen molar-refractivity contribution < 1.29 is 9.15 Å². The fourth-order valence-electron chi connectivity index (χ4n) is 3.27. The molecule has 0 unspecified atom stereocenters. The number of thioether (sulfide) groups is 1. The van der Waals surface area contributed by atoms with E-state index in [0.29, 0.717) is 33.7 Å². The number of nitrogens with zero attached hydrogens (tertiary/aromatic N) is 4. The normalized spacial score (nSPS) is 13.1. The number of furan rings is 1. The van der Waals surface area contributed by atoms with E-state index >= 15 is 0 Å². The van der Waals surface area contributed by atoms with Crippen molar-refractivity contribution in [1.29, 1.82) is 0 Å². The lowest BCUT2D eigenvalue weighted by molar-refractivity contribution is 0.414. The van der Waals surface area contributed by atoms with Crippen LogP contribution in [-0.2, 0) is 6.42 Å². The summed E-state index contributed by atoms with van der Waals surface area (Å²) >= 11 is 13.8. The lowest BCUT2D eigenvalue weighted by Gasteiger charge is -2.12. The van der Waals surface area contributed by atoms with Crippen LogP contribution in [0.5, 0.6) is 5.75 Å². The minimum Gasteiger partial charge on any atom is -0.497 e. The molecule has 0 N–H and O–H groups in total. The van der Waals surface area contributed by atoms with Gasteiger partial charge in [0, 0.05) is 27.8 Å². The van der Waals surface area contributed by atoms with Gasteiger partial charge in [0.1, 0.15) is 17.2 Å². The van der Waals surface area contributed by atoms with Crippen LogP contribution in [-0.4, -0.2) is 33.4 Å². The molecule has 0 bridgehead atoms. The number of rotatable bonds is 5. The molecule has 2 aromatic heterocycles. The summed E-state index contributed by atoms with van der Waals surface area (Å²) in [6, 6.07) is 17.0. The molecule has 156 valence electrons. The highest BCUT2D eigenvalue weighted by molar-refractivity contribution is 7.99. The SMILES string of the molecule is COc1ccc(Cc2nnc3n2N=C(c2ccc(-c4cc(Cl)cc(Cl)c4)o2)CS3)cc1. The van der Waals surface area contributed by atoms with Crippen LogP contribution in [0.2, 0.25) is 10.0 Å². The topological polar surface area (TPSA) is 65.4 Å². The summed E-state index contributed by atoms with van der Waals surface area (Å²) in [5.74, 6) is 3.59. The van der Waals surface area contributed by atoms with Crippen molar-refractivity contribution in [2.45, 2.75) is 11.6 Å². The van der Waals surface area contributed by atoms with E-state index in [1.165, 1.54) is 0 Å². The summed E-state index contributed by atoms with van der Waals surface area (Å²) in [4.78, 5) is 0. The number of hydrogen-bond acceptors (Lipinski definition) is 6. The van der Waals surface area contributed by atoms with Crippen LogP contribution in [0.25, 0.3) is 11.3 Å². The Balaban J connectivity index is 1.43. The highest BCUT2D eigenvalue weighted by Gasteiger charge is 2.22. The van der Waals surface area contributed by atoms with Gasteiger partial charge >= 0.3 is 0 Å². The predicted octanol–water partition coefficient (Wildman–Crippen LogP) is 5.80. The number of benzene rings is 2. The Kier molecular flexibility index (Phi) is 5.48. The van der Waals surface area contributed by atoms with Crippen molar-refractivity contribution in [3.8, 4) is 17.1 Å². The van der Waals surface area contributed by atoms with Gasteiger partial charge in [0.2, 0.25) is 5.16 Å². The van der Waals surface area contributed by atoms with Gasteiger partial charge in [-0.1, -0.05) is 47.1 Å². The molecule has 2 aromatic carbocycles. The Morgan fingerprint density at radius 3 is 2.48 bits per heavy atom. The van der Waals surface area contributed by atoms with Crippen molar-refractivity contribution in [3.63, 3.8) is 0 Å². The van der Waals surface area contributed by atoms with Gasteiger partial charge in [-0.3, -0.25) is 0 Å². The summed E-state index contributed by atoms with van der Waals surface area (Å²) in [7, 11) is 1.65. The maximum Gasteiger partial charge on any atom is 0.212 e. The molecule has 0 atom stereocenters. The first-order valence-electron chi connectivity index (χ1n) is 9.43. The minimum atomic E-state index is 0.559. The van der Waals surface area contributed by atoms with Crippen LogP contribution in [0.1, 0.15) is 17.1 Å². The Hall–Kier alpha value is -2.74. The first-order valence-corrected chi connectivity index (χ1v) is 11.2. The van der Waals surface area contributed by atoms with Crippen LogP contribution < -0.4 is 4.74 Å². The van der Waals surface area contributed by atoms with Crippen molar-refractivity contribution in [2.75, 3.05) is 12.9 Å². The van der Waals surface area contributed by atoms with Crippen molar-refractivity contribution in [2.24, 2.45) is 5.10 Å². The molecular formula is C22H16Cl2N4O2S. The van der Waals surface area contributed by atoms with E-state index in [-0.39, 0.29) is 0 Å². The second-order valence-corrected chi connectivity index (χ2v) is 8.71. The molecule has 0 aliphatic carbocycles. The van der Waals surface area contributed by atoms with Crippen LogP contribution >= 0.6 is 35.0 Å². The van der Waals surface area contributed by atoms with Gasteiger partial charge in [-0.2, -0.15) is 9.78 Å². The van der Waals surface area contributed by atoms with Gasteiger partial charge in [-0.25, -0.2) is 0 Å². The Labute approximate surface area is 192 Å². The van der Waals surface area contributed by atoms with E-state index in [4.69, 9.17) is 37.5 Å². The number of hydrogen-bond donors (Lipinski definition) is 0. The zero-order valence-electron chi connectivity index (χ0n) is 16.4. The largest absolute Gasteiger partial charge is 0.497 e. The highest BCUT2D eigenvalue weighted by Crippen LogP contribution is 2.31. The maximum absolute atomic E-state index is 6.12. The predicted molar refractivity (Wildman–Crippen MR) is 123 cm³/mol. The third-order valence-electron chi connectivity index (χ3n) is 4.79. The van der Waals surface area contributed by atoms with Crippen LogP contribution in [0.4, 0.5) is 0 Å². The highest BCUT2D eigenvalue weighted by atomic mass is 35.5. The zero-order valence-corrected chi connectivity index (χ0v) is 18.7. The Morgan fingerprint density at radius 1 is 1.00 bits per heavy atom. The molecule has 4 aromatic rings. The third-order valence-corrected chi connectivity index (χ3v) is 6.16. The second-order valence-electron chi connectivity index (χ2n) is 6.89. The molecule has 9 heteroatoms. The Bertz CT molecular complexity index is 1260. The molecule has 0 spiro atoms. The second kappa shape index (κ2) is 8.42. The molecule has 0 radical (unpaired) electrons. The van der Waals surface area contributed by atoms with Gasteiger partial charge in [-0.05, 0) is 48.0 Å². The van der Waals surface area contributed by atoms with E-state index in [1.54, 1.807) is 29.6 Å². The molecule has 1 aliphatic rings. The van der Waals surface area contributed by atoms with E-state index in [2.05, 4.69) is 10.2 Å². The summed E-state index contributed by atoms with van der Waals surface area (Å²) in [6.45, 7) is 0. The fourth-order valence-corrected chi connectivity index (χ4v) is 4.63. The van der Waals surface area contributed by atoms with Gasteiger partial charge in [-0.15, -0.1) is 10.2 Å². The molecule has 6 nitrogen and oxygen atoms in total. The monoisotopic (exact) mass is 470 g/mol. The van der Waals surface area contributed by atoms with Crippen LogP contribution in [0.3, 0.4) is 0 Å². The number of methoxy groups -OCH3 is 1. The summed E-state index contributed by atoms with van der Waals surface area (Å²) in [6.07, 6.45) is 0.610. The molecule has 3 heterocycles. The van der Waals surface area contributed by atoms with Crippen molar-refractivity contribution >= 4 is 40.7 Å².